The Kier molecular flexibility index (Phi) is 4.71. The second-order valence-electron chi connectivity index (χ2n) is 7.83. The second-order valence-corrected chi connectivity index (χ2v) is 7.83. The van der Waals surface area contributed by atoms with Gasteiger partial charge in [0.1, 0.15) is 0 Å². The quantitative estimate of drug-likeness (QED) is 0.645. The lowest BCUT2D eigenvalue weighted by molar-refractivity contribution is 0.181. The van der Waals surface area contributed by atoms with Gasteiger partial charge in [0.25, 0.3) is 0 Å². The highest BCUT2D eigenvalue weighted by molar-refractivity contribution is 5.91. The standard InChI is InChI=1S/C24H27N3O/c1-16-7-9-20(18(3)14-16)23-22-6-5-11-26(22)12-13-27(23)24(28)25-21-10-8-17(2)15-19(21)4/h5-11,14-15,23H,12-13H2,1-4H3,(H,25,28). The van der Waals surface area contributed by atoms with Crippen molar-refractivity contribution in [1.29, 1.82) is 0 Å². The Morgan fingerprint density at radius 1 is 0.929 bits per heavy atom. The highest BCUT2D eigenvalue weighted by atomic mass is 16.2. The van der Waals surface area contributed by atoms with Crippen molar-refractivity contribution in [1.82, 2.24) is 9.47 Å². The van der Waals surface area contributed by atoms with Crippen molar-refractivity contribution < 1.29 is 4.79 Å². The van der Waals surface area contributed by atoms with Gasteiger partial charge in [-0.1, -0.05) is 41.5 Å². The molecule has 2 amide bonds. The summed E-state index contributed by atoms with van der Waals surface area (Å²) >= 11 is 0. The molecule has 0 radical (unpaired) electrons. The molecule has 28 heavy (non-hydrogen) atoms. The van der Waals surface area contributed by atoms with Crippen LogP contribution in [0.25, 0.3) is 0 Å². The fourth-order valence-electron chi connectivity index (χ4n) is 4.20. The van der Waals surface area contributed by atoms with Gasteiger partial charge < -0.3 is 14.8 Å². The van der Waals surface area contributed by atoms with Crippen LogP contribution in [0.4, 0.5) is 10.5 Å². The van der Waals surface area contributed by atoms with Crippen LogP contribution in [0.3, 0.4) is 0 Å². The smallest absolute Gasteiger partial charge is 0.322 e. The van der Waals surface area contributed by atoms with Crippen LogP contribution in [0.15, 0.2) is 54.7 Å². The predicted octanol–water partition coefficient (Wildman–Crippen LogP) is 5.36. The molecule has 3 aromatic rings. The molecule has 144 valence electrons. The molecule has 0 spiro atoms. The molecule has 1 aromatic heterocycles. The number of aryl methyl sites for hydroxylation is 4. The summed E-state index contributed by atoms with van der Waals surface area (Å²) in [6, 6.07) is 16.7. The third kappa shape index (κ3) is 3.31. The van der Waals surface area contributed by atoms with E-state index in [0.717, 1.165) is 23.5 Å². The number of anilines is 1. The first-order chi connectivity index (χ1) is 13.4. The van der Waals surface area contributed by atoms with E-state index >= 15 is 0 Å². The van der Waals surface area contributed by atoms with E-state index in [9.17, 15) is 4.79 Å². The SMILES string of the molecule is Cc1ccc(NC(=O)N2CCn3cccc3C2c2ccc(C)cc2C)c(C)c1. The van der Waals surface area contributed by atoms with E-state index in [2.05, 4.69) is 73.3 Å². The summed E-state index contributed by atoms with van der Waals surface area (Å²) in [5, 5.41) is 3.14. The molecule has 0 aliphatic carbocycles. The molecule has 4 heteroatoms. The fraction of sp³-hybridized carbons (Fsp3) is 0.292. The minimum atomic E-state index is -0.0879. The molecule has 2 heterocycles. The maximum absolute atomic E-state index is 13.3. The fourth-order valence-corrected chi connectivity index (χ4v) is 4.20. The minimum Gasteiger partial charge on any atom is -0.348 e. The second kappa shape index (κ2) is 7.19. The van der Waals surface area contributed by atoms with E-state index in [1.807, 2.05) is 24.0 Å². The Morgan fingerprint density at radius 2 is 1.64 bits per heavy atom. The minimum absolute atomic E-state index is 0.0515. The average molecular weight is 374 g/mol. The molecular formula is C24H27N3O. The number of hydrogen-bond donors (Lipinski definition) is 1. The van der Waals surface area contributed by atoms with Gasteiger partial charge in [0.05, 0.1) is 6.04 Å². The van der Waals surface area contributed by atoms with Gasteiger partial charge in [-0.3, -0.25) is 0 Å². The number of hydrogen-bond acceptors (Lipinski definition) is 1. The van der Waals surface area contributed by atoms with Gasteiger partial charge in [0, 0.05) is 30.7 Å². The van der Waals surface area contributed by atoms with Crippen molar-refractivity contribution in [2.24, 2.45) is 0 Å². The molecule has 0 saturated heterocycles. The summed E-state index contributed by atoms with van der Waals surface area (Å²) in [6.07, 6.45) is 2.10. The molecule has 2 aromatic carbocycles. The molecule has 1 aliphatic rings. The highest BCUT2D eigenvalue weighted by Gasteiger charge is 2.33. The maximum Gasteiger partial charge on any atom is 0.322 e. The number of nitrogens with one attached hydrogen (secondary N) is 1. The van der Waals surface area contributed by atoms with Gasteiger partial charge in [-0.15, -0.1) is 0 Å². The van der Waals surface area contributed by atoms with Crippen molar-refractivity contribution in [2.45, 2.75) is 40.3 Å². The monoisotopic (exact) mass is 373 g/mol. The first kappa shape index (κ1) is 18.4. The van der Waals surface area contributed by atoms with Crippen LogP contribution in [-0.2, 0) is 6.54 Å². The van der Waals surface area contributed by atoms with E-state index < -0.39 is 0 Å². The Morgan fingerprint density at radius 3 is 2.36 bits per heavy atom. The zero-order valence-corrected chi connectivity index (χ0v) is 17.0. The van der Waals surface area contributed by atoms with Gasteiger partial charge in [0.15, 0.2) is 0 Å². The molecule has 0 fully saturated rings. The van der Waals surface area contributed by atoms with Crippen LogP contribution < -0.4 is 5.32 Å². The Hall–Kier alpha value is -3.01. The van der Waals surface area contributed by atoms with Gasteiger partial charge in [0.2, 0.25) is 0 Å². The van der Waals surface area contributed by atoms with Crippen molar-refractivity contribution in [2.75, 3.05) is 11.9 Å². The van der Waals surface area contributed by atoms with E-state index in [1.54, 1.807) is 0 Å². The molecule has 0 saturated carbocycles. The molecule has 4 nitrogen and oxygen atoms in total. The lowest BCUT2D eigenvalue weighted by atomic mass is 9.94. The molecule has 1 atom stereocenters. The summed E-state index contributed by atoms with van der Waals surface area (Å²) in [4.78, 5) is 15.3. The predicted molar refractivity (Wildman–Crippen MR) is 114 cm³/mol. The van der Waals surface area contributed by atoms with Crippen LogP contribution in [0.5, 0.6) is 0 Å². The van der Waals surface area contributed by atoms with E-state index in [0.29, 0.717) is 6.54 Å². The first-order valence-corrected chi connectivity index (χ1v) is 9.81. The molecule has 1 aliphatic heterocycles. The molecule has 0 bridgehead atoms. The van der Waals surface area contributed by atoms with Crippen molar-refractivity contribution >= 4 is 11.7 Å². The lowest BCUT2D eigenvalue weighted by Crippen LogP contribution is -2.44. The number of aromatic nitrogens is 1. The third-order valence-electron chi connectivity index (χ3n) is 5.64. The summed E-state index contributed by atoms with van der Waals surface area (Å²) < 4.78 is 2.25. The average Bonchev–Trinajstić information content (AvgIpc) is 3.12. The highest BCUT2D eigenvalue weighted by Crippen LogP contribution is 2.35. The topological polar surface area (TPSA) is 37.3 Å². The molecule has 1 N–H and O–H groups in total. The van der Waals surface area contributed by atoms with Gasteiger partial charge in [-0.05, 0) is 62.6 Å². The van der Waals surface area contributed by atoms with Crippen LogP contribution in [0, 0.1) is 27.7 Å². The molecule has 4 rings (SSSR count). The zero-order chi connectivity index (χ0) is 19.8. The van der Waals surface area contributed by atoms with E-state index in [4.69, 9.17) is 0 Å². The third-order valence-corrected chi connectivity index (χ3v) is 5.64. The number of urea groups is 1. The first-order valence-electron chi connectivity index (χ1n) is 9.81. The van der Waals surface area contributed by atoms with Gasteiger partial charge in [-0.2, -0.15) is 0 Å². The number of amides is 2. The number of benzene rings is 2. The Labute approximate surface area is 166 Å². The van der Waals surface area contributed by atoms with Gasteiger partial charge in [-0.25, -0.2) is 4.79 Å². The van der Waals surface area contributed by atoms with Crippen molar-refractivity contribution in [3.8, 4) is 0 Å². The number of carbonyl (C=O) groups is 1. The summed E-state index contributed by atoms with van der Waals surface area (Å²) in [5.41, 5.74) is 7.94. The van der Waals surface area contributed by atoms with Crippen molar-refractivity contribution in [3.05, 3.63) is 88.2 Å². The van der Waals surface area contributed by atoms with Gasteiger partial charge >= 0.3 is 6.03 Å². The van der Waals surface area contributed by atoms with E-state index in [1.165, 1.54) is 22.3 Å². The Bertz CT molecular complexity index is 1030. The molecule has 1 unspecified atom stereocenters. The van der Waals surface area contributed by atoms with Crippen LogP contribution in [-0.4, -0.2) is 22.0 Å². The van der Waals surface area contributed by atoms with E-state index in [-0.39, 0.29) is 12.1 Å². The Balaban J connectivity index is 1.71. The lowest BCUT2D eigenvalue weighted by Gasteiger charge is -2.38. The van der Waals surface area contributed by atoms with Crippen LogP contribution in [0.1, 0.15) is 39.6 Å². The summed E-state index contributed by atoms with van der Waals surface area (Å²) in [6.45, 7) is 9.81. The van der Waals surface area contributed by atoms with Crippen LogP contribution >= 0.6 is 0 Å². The number of rotatable bonds is 2. The maximum atomic E-state index is 13.3. The summed E-state index contributed by atoms with van der Waals surface area (Å²) in [7, 11) is 0. The zero-order valence-electron chi connectivity index (χ0n) is 17.0. The number of carbonyl (C=O) groups excluding carboxylic acids is 1. The number of nitrogens with zero attached hydrogens (tertiary/aromatic N) is 2. The van der Waals surface area contributed by atoms with Crippen molar-refractivity contribution in [3.63, 3.8) is 0 Å². The summed E-state index contributed by atoms with van der Waals surface area (Å²) in [5.74, 6) is 0. The number of fused-ring (bicyclic) bond motifs is 1. The largest absolute Gasteiger partial charge is 0.348 e. The normalized spacial score (nSPS) is 16.0. The molecular weight excluding hydrogens is 346 g/mol. The van der Waals surface area contributed by atoms with Crippen LogP contribution in [0.2, 0.25) is 0 Å².